The SMILES string of the molecule is COc1cc(C)nc(NCC2CSCCS2)n1. The number of anilines is 1. The second kappa shape index (κ2) is 6.35. The monoisotopic (exact) mass is 271 g/mol. The van der Waals surface area contributed by atoms with Gasteiger partial charge in [0.05, 0.1) is 7.11 Å². The number of ether oxygens (including phenoxy) is 1. The molecule has 2 rings (SSSR count). The minimum absolute atomic E-state index is 0.616. The highest BCUT2D eigenvalue weighted by atomic mass is 32.2. The first kappa shape index (κ1) is 12.8. The van der Waals surface area contributed by atoms with Crippen LogP contribution in [0.3, 0.4) is 0 Å². The first-order valence-corrected chi connectivity index (χ1v) is 7.81. The van der Waals surface area contributed by atoms with Gasteiger partial charge in [-0.15, -0.1) is 0 Å². The lowest BCUT2D eigenvalue weighted by Crippen LogP contribution is -2.24. The number of hydrogen-bond donors (Lipinski definition) is 1. The van der Waals surface area contributed by atoms with Crippen molar-refractivity contribution < 1.29 is 4.74 Å². The van der Waals surface area contributed by atoms with Gasteiger partial charge in [-0.1, -0.05) is 0 Å². The molecule has 1 aliphatic heterocycles. The van der Waals surface area contributed by atoms with Crippen LogP contribution in [0.25, 0.3) is 0 Å². The predicted molar refractivity (Wildman–Crippen MR) is 75.4 cm³/mol. The molecule has 1 aliphatic rings. The summed E-state index contributed by atoms with van der Waals surface area (Å²) in [7, 11) is 1.62. The lowest BCUT2D eigenvalue weighted by Gasteiger charge is -2.21. The first-order chi connectivity index (χ1) is 8.28. The van der Waals surface area contributed by atoms with Gasteiger partial charge in [-0.2, -0.15) is 28.5 Å². The van der Waals surface area contributed by atoms with Crippen LogP contribution in [0, 0.1) is 6.92 Å². The molecule has 6 heteroatoms. The highest BCUT2D eigenvalue weighted by Crippen LogP contribution is 2.24. The van der Waals surface area contributed by atoms with Crippen LogP contribution in [-0.4, -0.2) is 46.1 Å². The van der Waals surface area contributed by atoms with Crippen LogP contribution in [0.4, 0.5) is 5.95 Å². The summed E-state index contributed by atoms with van der Waals surface area (Å²) in [5.74, 6) is 5.01. The summed E-state index contributed by atoms with van der Waals surface area (Å²) < 4.78 is 5.13. The van der Waals surface area contributed by atoms with E-state index in [4.69, 9.17) is 4.74 Å². The van der Waals surface area contributed by atoms with Gasteiger partial charge in [-0.3, -0.25) is 0 Å². The van der Waals surface area contributed by atoms with Gasteiger partial charge in [0.15, 0.2) is 0 Å². The molecule has 1 unspecified atom stereocenters. The molecule has 1 saturated heterocycles. The number of methoxy groups -OCH3 is 1. The summed E-state index contributed by atoms with van der Waals surface area (Å²) in [6, 6.07) is 1.83. The fourth-order valence-electron chi connectivity index (χ4n) is 1.58. The van der Waals surface area contributed by atoms with E-state index in [-0.39, 0.29) is 0 Å². The van der Waals surface area contributed by atoms with Crippen molar-refractivity contribution >= 4 is 29.5 Å². The second-order valence-corrected chi connectivity index (χ2v) is 6.38. The Labute approximate surface area is 110 Å². The van der Waals surface area contributed by atoms with E-state index in [1.165, 1.54) is 17.3 Å². The molecule has 1 atom stereocenters. The van der Waals surface area contributed by atoms with E-state index < -0.39 is 0 Å². The first-order valence-electron chi connectivity index (χ1n) is 5.61. The van der Waals surface area contributed by atoms with Gasteiger partial charge in [-0.25, -0.2) is 4.98 Å². The van der Waals surface area contributed by atoms with E-state index in [0.29, 0.717) is 17.1 Å². The normalized spacial score (nSPS) is 20.0. The van der Waals surface area contributed by atoms with Crippen LogP contribution in [0.5, 0.6) is 5.88 Å². The zero-order valence-corrected chi connectivity index (χ0v) is 11.7. The molecule has 1 N–H and O–H groups in total. The average Bonchev–Trinajstić information content (AvgIpc) is 2.37. The smallest absolute Gasteiger partial charge is 0.226 e. The summed E-state index contributed by atoms with van der Waals surface area (Å²) in [4.78, 5) is 8.62. The number of aromatic nitrogens is 2. The van der Waals surface area contributed by atoms with Crippen LogP contribution in [0.1, 0.15) is 5.69 Å². The molecular formula is C11H17N3OS2. The molecule has 2 heterocycles. The molecule has 0 radical (unpaired) electrons. The molecule has 4 nitrogen and oxygen atoms in total. The topological polar surface area (TPSA) is 47.0 Å². The molecule has 1 aromatic rings. The number of nitrogens with one attached hydrogen (secondary N) is 1. The van der Waals surface area contributed by atoms with Gasteiger partial charge in [-0.05, 0) is 6.92 Å². The lowest BCUT2D eigenvalue weighted by atomic mass is 10.4. The Bertz CT molecular complexity index is 370. The summed E-state index contributed by atoms with van der Waals surface area (Å²) in [5.41, 5.74) is 0.921. The summed E-state index contributed by atoms with van der Waals surface area (Å²) in [6.07, 6.45) is 0. The molecule has 0 aromatic carbocycles. The van der Waals surface area contributed by atoms with Crippen LogP contribution in [0.15, 0.2) is 6.07 Å². The number of aryl methyl sites for hydroxylation is 1. The largest absolute Gasteiger partial charge is 0.481 e. The summed E-state index contributed by atoms with van der Waals surface area (Å²) >= 11 is 4.05. The Morgan fingerprint density at radius 2 is 2.35 bits per heavy atom. The van der Waals surface area contributed by atoms with E-state index in [1.54, 1.807) is 7.11 Å². The highest BCUT2D eigenvalue weighted by Gasteiger charge is 2.14. The molecule has 0 spiro atoms. The zero-order chi connectivity index (χ0) is 12.1. The zero-order valence-electron chi connectivity index (χ0n) is 10.1. The molecule has 1 fully saturated rings. The standard InChI is InChI=1S/C11H17N3OS2/c1-8-5-10(15-2)14-11(13-8)12-6-9-7-16-3-4-17-9/h5,9H,3-4,6-7H2,1-2H3,(H,12,13,14). The van der Waals surface area contributed by atoms with E-state index in [1.807, 2.05) is 36.5 Å². The third-order valence-electron chi connectivity index (χ3n) is 2.41. The fraction of sp³-hybridized carbons (Fsp3) is 0.636. The highest BCUT2D eigenvalue weighted by molar-refractivity contribution is 8.06. The van der Waals surface area contributed by atoms with Crippen molar-refractivity contribution in [2.45, 2.75) is 12.2 Å². The van der Waals surface area contributed by atoms with Crippen molar-refractivity contribution in [2.75, 3.05) is 36.2 Å². The van der Waals surface area contributed by atoms with Gasteiger partial charge in [0, 0.05) is 40.8 Å². The number of rotatable bonds is 4. The maximum atomic E-state index is 5.13. The predicted octanol–water partition coefficient (Wildman–Crippen LogP) is 2.05. The summed E-state index contributed by atoms with van der Waals surface area (Å²) in [6.45, 7) is 2.87. The molecular weight excluding hydrogens is 254 g/mol. The van der Waals surface area contributed by atoms with Crippen LogP contribution >= 0.6 is 23.5 Å². The third kappa shape index (κ3) is 3.96. The minimum atomic E-state index is 0.616. The van der Waals surface area contributed by atoms with E-state index in [2.05, 4.69) is 15.3 Å². The summed E-state index contributed by atoms with van der Waals surface area (Å²) in [5, 5.41) is 3.95. The maximum absolute atomic E-state index is 5.13. The number of hydrogen-bond acceptors (Lipinski definition) is 6. The third-order valence-corrected chi connectivity index (χ3v) is 5.26. The fourth-order valence-corrected chi connectivity index (χ4v) is 4.19. The van der Waals surface area contributed by atoms with Crippen LogP contribution in [0.2, 0.25) is 0 Å². The van der Waals surface area contributed by atoms with Crippen molar-refractivity contribution in [3.63, 3.8) is 0 Å². The van der Waals surface area contributed by atoms with Crippen molar-refractivity contribution in [2.24, 2.45) is 0 Å². The van der Waals surface area contributed by atoms with Crippen molar-refractivity contribution in [3.05, 3.63) is 11.8 Å². The molecule has 17 heavy (non-hydrogen) atoms. The molecule has 0 aliphatic carbocycles. The molecule has 94 valence electrons. The number of nitrogens with zero attached hydrogens (tertiary/aromatic N) is 2. The van der Waals surface area contributed by atoms with Gasteiger partial charge >= 0.3 is 0 Å². The van der Waals surface area contributed by atoms with Crippen LogP contribution in [-0.2, 0) is 0 Å². The molecule has 1 aromatic heterocycles. The Morgan fingerprint density at radius 1 is 1.47 bits per heavy atom. The average molecular weight is 271 g/mol. The van der Waals surface area contributed by atoms with Gasteiger partial charge < -0.3 is 10.1 Å². The Hall–Kier alpha value is -0.620. The number of thioether (sulfide) groups is 2. The van der Waals surface area contributed by atoms with Gasteiger partial charge in [0.1, 0.15) is 0 Å². The minimum Gasteiger partial charge on any atom is -0.481 e. The molecule has 0 bridgehead atoms. The lowest BCUT2D eigenvalue weighted by molar-refractivity contribution is 0.397. The van der Waals surface area contributed by atoms with E-state index in [9.17, 15) is 0 Å². The van der Waals surface area contributed by atoms with E-state index >= 15 is 0 Å². The van der Waals surface area contributed by atoms with E-state index in [0.717, 1.165) is 12.2 Å². The van der Waals surface area contributed by atoms with Gasteiger partial charge in [0.25, 0.3) is 0 Å². The Kier molecular flexibility index (Phi) is 4.79. The molecule has 0 amide bonds. The van der Waals surface area contributed by atoms with Crippen LogP contribution < -0.4 is 10.1 Å². The Balaban J connectivity index is 1.91. The Morgan fingerprint density at radius 3 is 3.06 bits per heavy atom. The maximum Gasteiger partial charge on any atom is 0.226 e. The second-order valence-electron chi connectivity index (χ2n) is 3.82. The van der Waals surface area contributed by atoms with Crippen molar-refractivity contribution in [3.8, 4) is 5.88 Å². The molecule has 0 saturated carbocycles. The van der Waals surface area contributed by atoms with Crippen molar-refractivity contribution in [1.29, 1.82) is 0 Å². The van der Waals surface area contributed by atoms with Crippen molar-refractivity contribution in [1.82, 2.24) is 9.97 Å². The van der Waals surface area contributed by atoms with Gasteiger partial charge in [0.2, 0.25) is 11.8 Å². The quantitative estimate of drug-likeness (QED) is 0.904.